The molecule has 24 heavy (non-hydrogen) atoms. The van der Waals surface area contributed by atoms with Gasteiger partial charge in [0.15, 0.2) is 0 Å². The number of imide groups is 1. The van der Waals surface area contributed by atoms with Crippen LogP contribution in [0, 0.1) is 0 Å². The molecule has 2 heterocycles. The average molecular weight is 361 g/mol. The molecule has 0 spiro atoms. The summed E-state index contributed by atoms with van der Waals surface area (Å²) in [5.74, 6) is -0.246. The van der Waals surface area contributed by atoms with Crippen LogP contribution in [0.1, 0.15) is 33.6 Å². The van der Waals surface area contributed by atoms with Crippen LogP contribution in [0.15, 0.2) is 24.3 Å². The van der Waals surface area contributed by atoms with Gasteiger partial charge in [0.2, 0.25) is 0 Å². The molecule has 0 aliphatic carbocycles. The molecule has 2 amide bonds. The SMILES string of the molecule is C[Si]1(C)CCC[Si](C)(C)N1CCCN1C(=O)c2ccccc2C1=O. The minimum absolute atomic E-state index is 0.123. The predicted octanol–water partition coefficient (Wildman–Crippen LogP) is 3.79. The van der Waals surface area contributed by atoms with Gasteiger partial charge >= 0.3 is 0 Å². The highest BCUT2D eigenvalue weighted by Crippen LogP contribution is 2.34. The van der Waals surface area contributed by atoms with E-state index in [2.05, 4.69) is 30.4 Å². The molecule has 4 nitrogen and oxygen atoms in total. The fourth-order valence-corrected chi connectivity index (χ4v) is 16.2. The third-order valence-electron chi connectivity index (χ3n) is 5.68. The van der Waals surface area contributed by atoms with Crippen LogP contribution >= 0.6 is 0 Å². The van der Waals surface area contributed by atoms with Gasteiger partial charge in [0.05, 0.1) is 11.1 Å². The number of carbonyl (C=O) groups excluding carboxylic acids is 2. The summed E-state index contributed by atoms with van der Waals surface area (Å²) < 4.78 is 2.83. The Labute approximate surface area is 147 Å². The normalized spacial score (nSPS) is 22.8. The fraction of sp³-hybridized carbons (Fsp3) is 0.556. The second-order valence-electron chi connectivity index (χ2n) is 8.29. The molecule has 0 N–H and O–H groups in total. The van der Waals surface area contributed by atoms with E-state index in [0.717, 1.165) is 13.0 Å². The van der Waals surface area contributed by atoms with E-state index in [1.54, 1.807) is 12.1 Å². The van der Waals surface area contributed by atoms with Crippen molar-refractivity contribution in [1.29, 1.82) is 0 Å². The predicted molar refractivity (Wildman–Crippen MR) is 102 cm³/mol. The van der Waals surface area contributed by atoms with E-state index in [4.69, 9.17) is 0 Å². The van der Waals surface area contributed by atoms with E-state index in [0.29, 0.717) is 17.7 Å². The maximum Gasteiger partial charge on any atom is 0.261 e. The van der Waals surface area contributed by atoms with Gasteiger partial charge in [-0.15, -0.1) is 0 Å². The van der Waals surface area contributed by atoms with Crippen LogP contribution in [0.5, 0.6) is 0 Å². The van der Waals surface area contributed by atoms with E-state index < -0.39 is 16.5 Å². The van der Waals surface area contributed by atoms with Gasteiger partial charge in [-0.2, -0.15) is 0 Å². The first-order chi connectivity index (χ1) is 11.2. The van der Waals surface area contributed by atoms with Crippen LogP contribution in [0.25, 0.3) is 0 Å². The highest BCUT2D eigenvalue weighted by Gasteiger charge is 2.43. The van der Waals surface area contributed by atoms with Crippen molar-refractivity contribution in [2.75, 3.05) is 13.1 Å². The summed E-state index contributed by atoms with van der Waals surface area (Å²) in [5, 5.41) is 0. The molecule has 2 aliphatic rings. The molecule has 1 fully saturated rings. The number of carbonyl (C=O) groups is 2. The molecule has 1 saturated heterocycles. The molecule has 0 saturated carbocycles. The topological polar surface area (TPSA) is 40.6 Å². The lowest BCUT2D eigenvalue weighted by Crippen LogP contribution is -2.64. The largest absolute Gasteiger partial charge is 0.345 e. The number of rotatable bonds is 4. The van der Waals surface area contributed by atoms with E-state index in [1.807, 2.05) is 12.1 Å². The quantitative estimate of drug-likeness (QED) is 0.606. The first kappa shape index (κ1) is 17.6. The van der Waals surface area contributed by atoms with Crippen LogP contribution in [0.2, 0.25) is 38.3 Å². The Morgan fingerprint density at radius 2 is 1.38 bits per heavy atom. The Hall–Kier alpha value is -1.25. The standard InChI is InChI=1S/C18H28N2O2Si2/c1-23(2)13-8-14-24(3,4)20(23)12-7-11-19-17(21)15-9-5-6-10-16(15)18(19)22/h5-6,9-10H,7-8,11-14H2,1-4H3. The molecule has 0 bridgehead atoms. The molecule has 0 aromatic heterocycles. The summed E-state index contributed by atoms with van der Waals surface area (Å²) in [7, 11) is -2.65. The lowest BCUT2D eigenvalue weighted by molar-refractivity contribution is 0.0652. The Morgan fingerprint density at radius 3 is 1.88 bits per heavy atom. The van der Waals surface area contributed by atoms with Crippen molar-refractivity contribution in [3.05, 3.63) is 35.4 Å². The number of benzene rings is 1. The van der Waals surface area contributed by atoms with Crippen molar-refractivity contribution in [3.63, 3.8) is 0 Å². The van der Waals surface area contributed by atoms with Crippen LogP contribution < -0.4 is 0 Å². The number of hydrogen-bond donors (Lipinski definition) is 0. The van der Waals surface area contributed by atoms with Crippen LogP contribution in [0.4, 0.5) is 0 Å². The summed E-state index contributed by atoms with van der Waals surface area (Å²) in [5.41, 5.74) is 1.12. The third-order valence-corrected chi connectivity index (χ3v) is 15.8. The van der Waals surface area contributed by atoms with Gasteiger partial charge in [0, 0.05) is 6.54 Å². The van der Waals surface area contributed by atoms with Crippen LogP contribution in [-0.2, 0) is 0 Å². The van der Waals surface area contributed by atoms with E-state index in [9.17, 15) is 9.59 Å². The third kappa shape index (κ3) is 3.02. The Bertz CT molecular complexity index is 622. The Kier molecular flexibility index (Phi) is 4.57. The zero-order chi connectivity index (χ0) is 17.5. The fourth-order valence-electron chi connectivity index (χ4n) is 4.48. The Morgan fingerprint density at radius 1 is 0.875 bits per heavy atom. The van der Waals surface area contributed by atoms with Gasteiger partial charge in [-0.25, -0.2) is 0 Å². The van der Waals surface area contributed by atoms with Gasteiger partial charge in [0.1, 0.15) is 16.5 Å². The number of fused-ring (bicyclic) bond motifs is 1. The van der Waals surface area contributed by atoms with Crippen molar-refractivity contribution in [2.24, 2.45) is 0 Å². The second kappa shape index (κ2) is 6.24. The van der Waals surface area contributed by atoms with Gasteiger partial charge in [0.25, 0.3) is 11.8 Å². The molecule has 0 unspecified atom stereocenters. The number of nitrogens with zero attached hydrogens (tertiary/aromatic N) is 2. The summed E-state index contributed by atoms with van der Waals surface area (Å²) in [6, 6.07) is 9.90. The number of hydrogen-bond acceptors (Lipinski definition) is 3. The zero-order valence-electron chi connectivity index (χ0n) is 15.3. The van der Waals surface area contributed by atoms with Crippen LogP contribution in [0.3, 0.4) is 0 Å². The minimum Gasteiger partial charge on any atom is -0.345 e. The Balaban J connectivity index is 1.65. The first-order valence-corrected chi connectivity index (χ1v) is 15.3. The van der Waals surface area contributed by atoms with Crippen molar-refractivity contribution < 1.29 is 9.59 Å². The maximum atomic E-state index is 12.5. The maximum absolute atomic E-state index is 12.5. The van der Waals surface area contributed by atoms with Crippen LogP contribution in [-0.4, -0.2) is 50.5 Å². The smallest absolute Gasteiger partial charge is 0.261 e. The minimum atomic E-state index is -1.32. The lowest BCUT2D eigenvalue weighted by Gasteiger charge is -2.51. The van der Waals surface area contributed by atoms with E-state index in [1.165, 1.54) is 23.4 Å². The molecule has 1 aromatic carbocycles. The molecule has 3 rings (SSSR count). The molecule has 6 heteroatoms. The molecule has 0 radical (unpaired) electrons. The van der Waals surface area contributed by atoms with Crippen molar-refractivity contribution in [1.82, 2.24) is 9.13 Å². The highest BCUT2D eigenvalue weighted by molar-refractivity contribution is 6.91. The molecular weight excluding hydrogens is 332 g/mol. The van der Waals surface area contributed by atoms with Gasteiger partial charge in [-0.1, -0.05) is 44.7 Å². The summed E-state index contributed by atoms with van der Waals surface area (Å²) >= 11 is 0. The molecule has 0 atom stereocenters. The molecule has 2 aliphatic heterocycles. The summed E-state index contributed by atoms with van der Waals surface area (Å²) in [4.78, 5) is 26.3. The van der Waals surface area contributed by atoms with Crippen molar-refractivity contribution in [3.8, 4) is 0 Å². The number of amides is 2. The van der Waals surface area contributed by atoms with Crippen molar-refractivity contribution in [2.45, 2.75) is 51.1 Å². The molecular formula is C18H28N2O2Si2. The van der Waals surface area contributed by atoms with E-state index in [-0.39, 0.29) is 11.8 Å². The monoisotopic (exact) mass is 360 g/mol. The van der Waals surface area contributed by atoms with Gasteiger partial charge < -0.3 is 4.23 Å². The van der Waals surface area contributed by atoms with Crippen molar-refractivity contribution >= 4 is 28.3 Å². The summed E-state index contributed by atoms with van der Waals surface area (Å²) in [6.07, 6.45) is 2.27. The van der Waals surface area contributed by atoms with Gasteiger partial charge in [-0.3, -0.25) is 14.5 Å². The molecule has 1 aromatic rings. The highest BCUT2D eigenvalue weighted by atomic mass is 28.4. The first-order valence-electron chi connectivity index (χ1n) is 8.97. The lowest BCUT2D eigenvalue weighted by atomic mass is 10.1. The summed E-state index contributed by atoms with van der Waals surface area (Å²) in [6.45, 7) is 11.5. The van der Waals surface area contributed by atoms with E-state index >= 15 is 0 Å². The molecule has 130 valence electrons. The average Bonchev–Trinajstić information content (AvgIpc) is 2.74. The second-order valence-corrected chi connectivity index (χ2v) is 18.1. The zero-order valence-corrected chi connectivity index (χ0v) is 17.3. The van der Waals surface area contributed by atoms with Gasteiger partial charge in [-0.05, 0) is 37.2 Å².